The monoisotopic (exact) mass is 272 g/mol. The largest absolute Gasteiger partial charge is 0.480 e. The smallest absolute Gasteiger partial charge is 0.328 e. The molecular weight excluding hydrogens is 248 g/mol. The van der Waals surface area contributed by atoms with Gasteiger partial charge in [0.2, 0.25) is 0 Å². The summed E-state index contributed by atoms with van der Waals surface area (Å²) >= 11 is 0. The number of carbonyl (C=O) groups excluding carboxylic acids is 1. The first kappa shape index (κ1) is 15.8. The molecular formula is C13H24N2O4. The molecule has 4 N–H and O–H groups in total. The van der Waals surface area contributed by atoms with Gasteiger partial charge in [-0.1, -0.05) is 26.2 Å². The van der Waals surface area contributed by atoms with E-state index < -0.39 is 24.1 Å². The summed E-state index contributed by atoms with van der Waals surface area (Å²) in [5.41, 5.74) is 0.0964. The fraction of sp³-hybridized carbons (Fsp3) is 0.846. The summed E-state index contributed by atoms with van der Waals surface area (Å²) in [5, 5.41) is 23.1. The van der Waals surface area contributed by atoms with Crippen LogP contribution in [0.2, 0.25) is 0 Å². The van der Waals surface area contributed by atoms with E-state index in [0.717, 1.165) is 12.8 Å². The number of carboxylic acid groups (broad SMARTS) is 1. The number of aliphatic hydroxyl groups is 1. The summed E-state index contributed by atoms with van der Waals surface area (Å²) in [5.74, 6) is -1.24. The molecule has 0 unspecified atom stereocenters. The molecule has 1 saturated carbocycles. The van der Waals surface area contributed by atoms with E-state index in [1.807, 2.05) is 0 Å². The normalized spacial score (nSPS) is 21.2. The molecule has 0 aliphatic heterocycles. The first-order valence-electron chi connectivity index (χ1n) is 6.79. The molecule has 0 aromatic carbocycles. The third-order valence-corrected chi connectivity index (χ3v) is 3.77. The van der Waals surface area contributed by atoms with Gasteiger partial charge >= 0.3 is 12.0 Å². The van der Waals surface area contributed by atoms with Crippen LogP contribution < -0.4 is 10.6 Å². The second kappa shape index (κ2) is 6.75. The van der Waals surface area contributed by atoms with Crippen molar-refractivity contribution in [2.45, 2.75) is 58.1 Å². The predicted molar refractivity (Wildman–Crippen MR) is 70.8 cm³/mol. The highest BCUT2D eigenvalue weighted by atomic mass is 16.4. The molecule has 0 aromatic rings. The molecule has 6 heteroatoms. The second-order valence-corrected chi connectivity index (χ2v) is 5.75. The standard InChI is InChI=1S/C13H24N2O4/c1-9(16)10(11(17)18)15-12(19)14-8-13(2)6-4-3-5-7-13/h9-10,16H,3-8H2,1-2H3,(H,17,18)(H2,14,15,19)/t9-,10+/m1/s1. The van der Waals surface area contributed by atoms with E-state index in [1.165, 1.54) is 26.2 Å². The quantitative estimate of drug-likeness (QED) is 0.602. The van der Waals surface area contributed by atoms with Gasteiger partial charge in [-0.2, -0.15) is 0 Å². The van der Waals surface area contributed by atoms with E-state index in [-0.39, 0.29) is 5.41 Å². The van der Waals surface area contributed by atoms with Crippen LogP contribution in [0.3, 0.4) is 0 Å². The number of amides is 2. The lowest BCUT2D eigenvalue weighted by Crippen LogP contribution is -2.52. The Kier molecular flexibility index (Phi) is 5.60. The number of hydrogen-bond acceptors (Lipinski definition) is 3. The highest BCUT2D eigenvalue weighted by molar-refractivity contribution is 5.82. The molecule has 0 radical (unpaired) electrons. The van der Waals surface area contributed by atoms with Crippen LogP contribution in [0.25, 0.3) is 0 Å². The van der Waals surface area contributed by atoms with Gasteiger partial charge in [0.15, 0.2) is 6.04 Å². The first-order valence-corrected chi connectivity index (χ1v) is 6.79. The Labute approximate surface area is 113 Å². The van der Waals surface area contributed by atoms with Gasteiger partial charge in [0.1, 0.15) is 0 Å². The molecule has 6 nitrogen and oxygen atoms in total. The van der Waals surface area contributed by atoms with Crippen molar-refractivity contribution >= 4 is 12.0 Å². The molecule has 110 valence electrons. The Morgan fingerprint density at radius 1 is 1.26 bits per heavy atom. The van der Waals surface area contributed by atoms with Crippen LogP contribution in [-0.4, -0.2) is 40.9 Å². The zero-order chi connectivity index (χ0) is 14.5. The Balaban J connectivity index is 2.40. The minimum absolute atomic E-state index is 0.0964. The van der Waals surface area contributed by atoms with E-state index in [0.29, 0.717) is 6.54 Å². The van der Waals surface area contributed by atoms with Gasteiger partial charge < -0.3 is 20.8 Å². The number of urea groups is 1. The summed E-state index contributed by atoms with van der Waals surface area (Å²) in [4.78, 5) is 22.5. The fourth-order valence-electron chi connectivity index (χ4n) is 2.46. The van der Waals surface area contributed by atoms with Crippen molar-refractivity contribution in [3.63, 3.8) is 0 Å². The van der Waals surface area contributed by atoms with Gasteiger partial charge in [0.05, 0.1) is 6.10 Å². The van der Waals surface area contributed by atoms with Crippen LogP contribution in [0.5, 0.6) is 0 Å². The van der Waals surface area contributed by atoms with Gasteiger partial charge in [0, 0.05) is 6.54 Å². The summed E-state index contributed by atoms with van der Waals surface area (Å²) in [7, 11) is 0. The van der Waals surface area contributed by atoms with Gasteiger partial charge in [0.25, 0.3) is 0 Å². The first-order chi connectivity index (χ1) is 8.84. The number of carbonyl (C=O) groups is 2. The third kappa shape index (κ3) is 5.06. The highest BCUT2D eigenvalue weighted by Crippen LogP contribution is 2.34. The van der Waals surface area contributed by atoms with Crippen LogP contribution in [0.1, 0.15) is 46.0 Å². The highest BCUT2D eigenvalue weighted by Gasteiger charge is 2.29. The predicted octanol–water partition coefficient (Wildman–Crippen LogP) is 1.09. The molecule has 0 spiro atoms. The van der Waals surface area contributed by atoms with Crippen molar-refractivity contribution in [1.29, 1.82) is 0 Å². The van der Waals surface area contributed by atoms with Crippen LogP contribution >= 0.6 is 0 Å². The van der Waals surface area contributed by atoms with Crippen molar-refractivity contribution < 1.29 is 19.8 Å². The number of rotatable bonds is 5. The molecule has 0 heterocycles. The Morgan fingerprint density at radius 2 is 1.84 bits per heavy atom. The number of carboxylic acids is 1. The summed E-state index contributed by atoms with van der Waals surface area (Å²) in [6.07, 6.45) is 4.60. The zero-order valence-corrected chi connectivity index (χ0v) is 11.6. The van der Waals surface area contributed by atoms with Crippen LogP contribution in [0.4, 0.5) is 4.79 Å². The Morgan fingerprint density at radius 3 is 2.32 bits per heavy atom. The molecule has 0 bridgehead atoms. The fourth-order valence-corrected chi connectivity index (χ4v) is 2.46. The minimum atomic E-state index is -1.28. The maximum atomic E-state index is 11.7. The van der Waals surface area contributed by atoms with E-state index in [4.69, 9.17) is 5.11 Å². The molecule has 0 saturated heterocycles. The molecule has 19 heavy (non-hydrogen) atoms. The van der Waals surface area contributed by atoms with Crippen molar-refractivity contribution in [3.8, 4) is 0 Å². The van der Waals surface area contributed by atoms with E-state index in [2.05, 4.69) is 17.6 Å². The van der Waals surface area contributed by atoms with Crippen LogP contribution in [0.15, 0.2) is 0 Å². The van der Waals surface area contributed by atoms with E-state index in [1.54, 1.807) is 0 Å². The number of aliphatic carboxylic acids is 1. The minimum Gasteiger partial charge on any atom is -0.480 e. The number of nitrogens with one attached hydrogen (secondary N) is 2. The molecule has 1 rings (SSSR count). The van der Waals surface area contributed by atoms with Crippen molar-refractivity contribution in [2.24, 2.45) is 5.41 Å². The topological polar surface area (TPSA) is 98.7 Å². The Hall–Kier alpha value is -1.30. The SMILES string of the molecule is C[C@@H](O)[C@H](NC(=O)NCC1(C)CCCCC1)C(=O)O. The Bertz CT molecular complexity index is 325. The molecule has 2 amide bonds. The van der Waals surface area contributed by atoms with E-state index >= 15 is 0 Å². The van der Waals surface area contributed by atoms with Crippen molar-refractivity contribution in [3.05, 3.63) is 0 Å². The van der Waals surface area contributed by atoms with Crippen molar-refractivity contribution in [1.82, 2.24) is 10.6 Å². The molecule has 1 aliphatic carbocycles. The lowest BCUT2D eigenvalue weighted by atomic mass is 9.76. The van der Waals surface area contributed by atoms with Gasteiger partial charge in [-0.05, 0) is 25.2 Å². The lowest BCUT2D eigenvalue weighted by Gasteiger charge is -2.33. The van der Waals surface area contributed by atoms with E-state index in [9.17, 15) is 14.7 Å². The van der Waals surface area contributed by atoms with Crippen LogP contribution in [0, 0.1) is 5.41 Å². The maximum Gasteiger partial charge on any atom is 0.328 e. The van der Waals surface area contributed by atoms with Gasteiger partial charge in [-0.25, -0.2) is 9.59 Å². The summed E-state index contributed by atoms with van der Waals surface area (Å²) in [6, 6.07) is -1.82. The molecule has 1 aliphatic rings. The molecule has 0 aromatic heterocycles. The number of hydrogen-bond donors (Lipinski definition) is 4. The van der Waals surface area contributed by atoms with Gasteiger partial charge in [-0.15, -0.1) is 0 Å². The zero-order valence-electron chi connectivity index (χ0n) is 11.6. The third-order valence-electron chi connectivity index (χ3n) is 3.77. The number of aliphatic hydroxyl groups excluding tert-OH is 1. The molecule has 2 atom stereocenters. The van der Waals surface area contributed by atoms with Crippen molar-refractivity contribution in [2.75, 3.05) is 6.54 Å². The molecule has 1 fully saturated rings. The average Bonchev–Trinajstić information content (AvgIpc) is 2.34. The summed E-state index contributed by atoms with van der Waals surface area (Å²) < 4.78 is 0. The maximum absolute atomic E-state index is 11.7. The second-order valence-electron chi connectivity index (χ2n) is 5.75. The lowest BCUT2D eigenvalue weighted by molar-refractivity contribution is -0.141. The van der Waals surface area contributed by atoms with Gasteiger partial charge in [-0.3, -0.25) is 0 Å². The van der Waals surface area contributed by atoms with Crippen LogP contribution in [-0.2, 0) is 4.79 Å². The summed E-state index contributed by atoms with van der Waals surface area (Å²) in [6.45, 7) is 4.00. The average molecular weight is 272 g/mol.